The van der Waals surface area contributed by atoms with Gasteiger partial charge in [-0.15, -0.1) is 0 Å². The second-order valence-corrected chi connectivity index (χ2v) is 11.1. The van der Waals surface area contributed by atoms with Crippen molar-refractivity contribution < 1.29 is 9.59 Å². The molecule has 0 radical (unpaired) electrons. The fourth-order valence-electron chi connectivity index (χ4n) is 5.73. The first-order valence-electron chi connectivity index (χ1n) is 12.2. The van der Waals surface area contributed by atoms with Gasteiger partial charge in [-0.25, -0.2) is 4.98 Å². The van der Waals surface area contributed by atoms with Gasteiger partial charge in [0.2, 0.25) is 5.91 Å². The second kappa shape index (κ2) is 8.42. The average Bonchev–Trinajstić information content (AvgIpc) is 3.75. The van der Waals surface area contributed by atoms with Gasteiger partial charge in [0.05, 0.1) is 21.0 Å². The largest absolute Gasteiger partial charge is 0.352 e. The number of carbonyl (C=O) groups excluding carboxylic acids is 2. The monoisotopic (exact) mass is 498 g/mol. The Balaban J connectivity index is 1.11. The quantitative estimate of drug-likeness (QED) is 0.608. The van der Waals surface area contributed by atoms with Gasteiger partial charge in [-0.3, -0.25) is 9.59 Å². The number of hydrogen-bond donors (Lipinski definition) is 2. The number of carbonyl (C=O) groups is 2. The van der Waals surface area contributed by atoms with E-state index in [-0.39, 0.29) is 17.9 Å². The smallest absolute Gasteiger partial charge is 0.253 e. The molecule has 1 aromatic carbocycles. The molecule has 2 saturated carbocycles. The number of rotatable bonds is 6. The topological polar surface area (TPSA) is 74.3 Å². The number of nitrogens with zero attached hydrogens (tertiary/aromatic N) is 2. The zero-order valence-corrected chi connectivity index (χ0v) is 20.4. The van der Waals surface area contributed by atoms with Crippen LogP contribution in [0.2, 0.25) is 10.0 Å². The minimum absolute atomic E-state index is 0.0399. The van der Waals surface area contributed by atoms with Crippen molar-refractivity contribution in [1.29, 1.82) is 0 Å². The van der Waals surface area contributed by atoms with Crippen molar-refractivity contribution in [3.05, 3.63) is 57.7 Å². The summed E-state index contributed by atoms with van der Waals surface area (Å²) in [5, 5.41) is 7.37. The Morgan fingerprint density at radius 3 is 2.24 bits per heavy atom. The van der Waals surface area contributed by atoms with E-state index in [2.05, 4.69) is 20.5 Å². The van der Waals surface area contributed by atoms with Crippen LogP contribution >= 0.6 is 23.2 Å². The molecule has 3 atom stereocenters. The molecule has 2 N–H and O–H groups in total. The molecule has 2 saturated heterocycles. The van der Waals surface area contributed by atoms with E-state index < -0.39 is 5.41 Å². The van der Waals surface area contributed by atoms with Crippen molar-refractivity contribution in [1.82, 2.24) is 15.6 Å². The number of fused-ring (bicyclic) bond motifs is 2. The van der Waals surface area contributed by atoms with E-state index in [9.17, 15) is 9.59 Å². The maximum Gasteiger partial charge on any atom is 0.253 e. The number of benzene rings is 1. The molecule has 34 heavy (non-hydrogen) atoms. The summed E-state index contributed by atoms with van der Waals surface area (Å²) in [5.74, 6) is 0.990. The number of amides is 2. The summed E-state index contributed by atoms with van der Waals surface area (Å²) >= 11 is 12.3. The van der Waals surface area contributed by atoms with Gasteiger partial charge in [-0.2, -0.15) is 0 Å². The second-order valence-electron chi connectivity index (χ2n) is 10.3. The Morgan fingerprint density at radius 1 is 0.912 bits per heavy atom. The van der Waals surface area contributed by atoms with Crippen LogP contribution in [0.5, 0.6) is 0 Å². The Kier molecular flexibility index (Phi) is 5.49. The fraction of sp³-hybridized carbons (Fsp3) is 0.500. The van der Waals surface area contributed by atoms with Gasteiger partial charge >= 0.3 is 0 Å². The van der Waals surface area contributed by atoms with Crippen molar-refractivity contribution in [2.75, 3.05) is 4.90 Å². The highest BCUT2D eigenvalue weighted by Gasteiger charge is 2.52. The van der Waals surface area contributed by atoms with Gasteiger partial charge in [-0.1, -0.05) is 29.3 Å². The van der Waals surface area contributed by atoms with Crippen LogP contribution in [0.3, 0.4) is 0 Å². The third kappa shape index (κ3) is 4.05. The Hall–Kier alpha value is -2.31. The predicted octanol–water partition coefficient (Wildman–Crippen LogP) is 4.63. The first-order valence-corrected chi connectivity index (χ1v) is 13.0. The third-order valence-electron chi connectivity index (χ3n) is 7.91. The van der Waals surface area contributed by atoms with Crippen LogP contribution in [0, 0.1) is 0 Å². The van der Waals surface area contributed by atoms with Crippen molar-refractivity contribution in [2.45, 2.75) is 80.9 Å². The summed E-state index contributed by atoms with van der Waals surface area (Å²) in [6.45, 7) is 0. The van der Waals surface area contributed by atoms with E-state index in [1.54, 1.807) is 12.3 Å². The summed E-state index contributed by atoms with van der Waals surface area (Å²) < 4.78 is 0. The molecule has 178 valence electrons. The van der Waals surface area contributed by atoms with Crippen molar-refractivity contribution in [2.24, 2.45) is 0 Å². The molecule has 2 bridgehead atoms. The third-order valence-corrected chi connectivity index (χ3v) is 8.65. The van der Waals surface area contributed by atoms with Gasteiger partial charge in [0, 0.05) is 30.4 Å². The highest BCUT2D eigenvalue weighted by molar-refractivity contribution is 6.42. The van der Waals surface area contributed by atoms with Crippen LogP contribution in [0.25, 0.3) is 0 Å². The highest BCUT2D eigenvalue weighted by Crippen LogP contribution is 2.50. The predicted molar refractivity (Wildman–Crippen MR) is 133 cm³/mol. The number of aromatic nitrogens is 1. The van der Waals surface area contributed by atoms with E-state index >= 15 is 0 Å². The molecule has 6 rings (SSSR count). The van der Waals surface area contributed by atoms with E-state index in [1.165, 1.54) is 0 Å². The number of nitrogens with one attached hydrogen (secondary N) is 2. The van der Waals surface area contributed by atoms with Crippen LogP contribution in [0.15, 0.2) is 36.5 Å². The van der Waals surface area contributed by atoms with E-state index in [0.29, 0.717) is 33.7 Å². The number of pyridine rings is 1. The maximum absolute atomic E-state index is 13.3. The SMILES string of the molecule is O=C(NC1CC1)c1ccc(N2[C@@H]3CC[C@H]2CC(NC(=O)C2(c4ccc(Cl)c(Cl)c4)CC2)C3)nc1. The molecule has 3 heterocycles. The summed E-state index contributed by atoms with van der Waals surface area (Å²) in [6, 6.07) is 10.6. The lowest BCUT2D eigenvalue weighted by molar-refractivity contribution is -0.124. The van der Waals surface area contributed by atoms with Crippen LogP contribution in [0.1, 0.15) is 67.3 Å². The minimum atomic E-state index is -0.469. The Labute approximate surface area is 209 Å². The summed E-state index contributed by atoms with van der Waals surface area (Å²) in [4.78, 5) is 32.6. The fourth-order valence-corrected chi connectivity index (χ4v) is 6.03. The van der Waals surface area contributed by atoms with Crippen molar-refractivity contribution in [3.8, 4) is 0 Å². The normalized spacial score (nSPS) is 26.8. The van der Waals surface area contributed by atoms with Gasteiger partial charge in [-0.05, 0) is 81.2 Å². The molecule has 2 amide bonds. The molecule has 0 spiro atoms. The van der Waals surface area contributed by atoms with Crippen LogP contribution in [-0.4, -0.2) is 41.0 Å². The molecule has 2 aromatic rings. The van der Waals surface area contributed by atoms with Gasteiger partial charge < -0.3 is 15.5 Å². The minimum Gasteiger partial charge on any atom is -0.352 e. The zero-order chi connectivity index (χ0) is 23.4. The number of halogens is 2. The van der Waals surface area contributed by atoms with Crippen LogP contribution in [0.4, 0.5) is 5.82 Å². The average molecular weight is 499 g/mol. The van der Waals surface area contributed by atoms with E-state index in [1.807, 2.05) is 24.3 Å². The summed E-state index contributed by atoms with van der Waals surface area (Å²) in [7, 11) is 0. The molecular weight excluding hydrogens is 471 g/mol. The summed E-state index contributed by atoms with van der Waals surface area (Å²) in [5.41, 5.74) is 1.10. The first-order chi connectivity index (χ1) is 16.4. The first kappa shape index (κ1) is 22.2. The van der Waals surface area contributed by atoms with E-state index in [4.69, 9.17) is 23.2 Å². The van der Waals surface area contributed by atoms with Gasteiger partial charge in [0.15, 0.2) is 0 Å². The molecule has 4 fully saturated rings. The number of anilines is 1. The molecule has 8 heteroatoms. The lowest BCUT2D eigenvalue weighted by Crippen LogP contribution is -2.52. The lowest BCUT2D eigenvalue weighted by atomic mass is 9.92. The Morgan fingerprint density at radius 2 is 1.65 bits per heavy atom. The molecule has 4 aliphatic rings. The lowest BCUT2D eigenvalue weighted by Gasteiger charge is -2.40. The number of hydrogen-bond acceptors (Lipinski definition) is 4. The molecule has 2 aliphatic carbocycles. The molecule has 1 aromatic heterocycles. The standard InChI is InChI=1S/C26H28Cl2N4O2/c27-21-7-2-16(11-22(21)28)26(9-10-26)25(34)31-18-12-19-5-6-20(13-18)32(19)23-8-1-15(14-29-23)24(33)30-17-3-4-17/h1-2,7-8,11,14,17-20H,3-6,9-10,12-13H2,(H,30,33)(H,31,34)/t18?,19-,20+. The van der Waals surface area contributed by atoms with Crippen molar-refractivity contribution in [3.63, 3.8) is 0 Å². The number of piperidine rings is 1. The van der Waals surface area contributed by atoms with Crippen LogP contribution < -0.4 is 15.5 Å². The van der Waals surface area contributed by atoms with Gasteiger partial charge in [0.25, 0.3) is 5.91 Å². The molecule has 2 aliphatic heterocycles. The zero-order valence-electron chi connectivity index (χ0n) is 18.9. The van der Waals surface area contributed by atoms with E-state index in [0.717, 1.165) is 62.7 Å². The molecular formula is C26H28Cl2N4O2. The maximum atomic E-state index is 13.3. The molecule has 6 nitrogen and oxygen atoms in total. The Bertz CT molecular complexity index is 1120. The van der Waals surface area contributed by atoms with Gasteiger partial charge in [0.1, 0.15) is 5.82 Å². The molecule has 1 unspecified atom stereocenters. The van der Waals surface area contributed by atoms with Crippen molar-refractivity contribution >= 4 is 40.8 Å². The summed E-state index contributed by atoms with van der Waals surface area (Å²) in [6.07, 6.45) is 9.52. The van der Waals surface area contributed by atoms with Crippen LogP contribution in [-0.2, 0) is 10.2 Å². The highest BCUT2D eigenvalue weighted by atomic mass is 35.5.